The highest BCUT2D eigenvalue weighted by molar-refractivity contribution is 5.91. The minimum absolute atomic E-state index is 0.0341. The summed E-state index contributed by atoms with van der Waals surface area (Å²) in [6.45, 7) is 3.70. The molecule has 1 aromatic carbocycles. The van der Waals surface area contributed by atoms with E-state index in [-0.39, 0.29) is 12.6 Å². The molecule has 1 atom stereocenters. The van der Waals surface area contributed by atoms with Crippen molar-refractivity contribution in [2.24, 2.45) is 5.92 Å². The van der Waals surface area contributed by atoms with Gasteiger partial charge in [0.05, 0.1) is 5.69 Å². The van der Waals surface area contributed by atoms with Gasteiger partial charge in [0.25, 0.3) is 0 Å². The third kappa shape index (κ3) is 3.64. The highest BCUT2D eigenvalue weighted by atomic mass is 16.5. The Morgan fingerprint density at radius 1 is 1.55 bits per heavy atom. The molecule has 1 aliphatic heterocycles. The number of rotatable bonds is 3. The standard InChI is InChI=1S/C15H19N3O2/c1-12-5-4-9-18(11-12)15(19)17-13-6-2-3-7-14(13)20-10-8-16/h2-3,6-7,12H,4-5,9-11H2,1H3,(H,17,19). The molecule has 1 aliphatic rings. The molecule has 2 amide bonds. The summed E-state index contributed by atoms with van der Waals surface area (Å²) in [4.78, 5) is 14.1. The molecular weight excluding hydrogens is 254 g/mol. The van der Waals surface area contributed by atoms with Gasteiger partial charge in [0.15, 0.2) is 6.61 Å². The van der Waals surface area contributed by atoms with Gasteiger partial charge in [-0.15, -0.1) is 0 Å². The van der Waals surface area contributed by atoms with Gasteiger partial charge in [0, 0.05) is 13.1 Å². The normalized spacial score (nSPS) is 18.2. The molecule has 0 spiro atoms. The second kappa shape index (κ2) is 6.80. The zero-order valence-corrected chi connectivity index (χ0v) is 11.6. The molecule has 1 fully saturated rings. The summed E-state index contributed by atoms with van der Waals surface area (Å²) in [7, 11) is 0. The maximum absolute atomic E-state index is 12.2. The number of nitrogens with zero attached hydrogens (tertiary/aromatic N) is 2. The van der Waals surface area contributed by atoms with E-state index in [1.165, 1.54) is 6.42 Å². The SMILES string of the molecule is CC1CCCN(C(=O)Nc2ccccc2OCC#N)C1. The molecule has 5 heteroatoms. The lowest BCUT2D eigenvalue weighted by Crippen LogP contribution is -2.41. The number of urea groups is 1. The summed E-state index contributed by atoms with van der Waals surface area (Å²) in [5, 5.41) is 11.4. The number of carbonyl (C=O) groups is 1. The largest absolute Gasteiger partial charge is 0.477 e. The van der Waals surface area contributed by atoms with Crippen LogP contribution >= 0.6 is 0 Å². The summed E-state index contributed by atoms with van der Waals surface area (Å²) in [5.41, 5.74) is 0.603. The molecular formula is C15H19N3O2. The van der Waals surface area contributed by atoms with Crippen molar-refractivity contribution in [3.63, 3.8) is 0 Å². The van der Waals surface area contributed by atoms with Gasteiger partial charge in [-0.25, -0.2) is 4.79 Å². The monoisotopic (exact) mass is 273 g/mol. The van der Waals surface area contributed by atoms with Crippen LogP contribution < -0.4 is 10.1 Å². The van der Waals surface area contributed by atoms with Crippen LogP contribution in [-0.4, -0.2) is 30.6 Å². The number of likely N-dealkylation sites (tertiary alicyclic amines) is 1. The number of nitrogens with one attached hydrogen (secondary N) is 1. The molecule has 5 nitrogen and oxygen atoms in total. The Balaban J connectivity index is 2.02. The Hall–Kier alpha value is -2.22. The van der Waals surface area contributed by atoms with E-state index in [0.29, 0.717) is 17.4 Å². The van der Waals surface area contributed by atoms with E-state index in [4.69, 9.17) is 10.00 Å². The first-order valence-corrected chi connectivity index (χ1v) is 6.85. The van der Waals surface area contributed by atoms with Crippen LogP contribution in [0.25, 0.3) is 0 Å². The number of anilines is 1. The zero-order chi connectivity index (χ0) is 14.4. The number of hydrogen-bond donors (Lipinski definition) is 1. The van der Waals surface area contributed by atoms with E-state index < -0.39 is 0 Å². The van der Waals surface area contributed by atoms with Crippen LogP contribution in [0.4, 0.5) is 10.5 Å². The molecule has 1 N–H and O–H groups in total. The fourth-order valence-electron chi connectivity index (χ4n) is 2.37. The average molecular weight is 273 g/mol. The van der Waals surface area contributed by atoms with Crippen LogP contribution in [0.3, 0.4) is 0 Å². The van der Waals surface area contributed by atoms with Gasteiger partial charge in [0.2, 0.25) is 0 Å². The molecule has 1 unspecified atom stereocenters. The fraction of sp³-hybridized carbons (Fsp3) is 0.467. The fourth-order valence-corrected chi connectivity index (χ4v) is 2.37. The Bertz CT molecular complexity index is 510. The molecule has 0 aliphatic carbocycles. The Labute approximate surface area is 119 Å². The molecule has 0 radical (unpaired) electrons. The molecule has 1 saturated heterocycles. The summed E-state index contributed by atoms with van der Waals surface area (Å²) in [6, 6.07) is 8.97. The van der Waals surface area contributed by atoms with Crippen molar-refractivity contribution in [1.82, 2.24) is 4.90 Å². The van der Waals surface area contributed by atoms with Gasteiger partial charge in [0.1, 0.15) is 11.8 Å². The second-order valence-electron chi connectivity index (χ2n) is 5.07. The summed E-state index contributed by atoms with van der Waals surface area (Å²) < 4.78 is 5.30. The highest BCUT2D eigenvalue weighted by Gasteiger charge is 2.21. The highest BCUT2D eigenvalue weighted by Crippen LogP contribution is 2.24. The maximum Gasteiger partial charge on any atom is 0.321 e. The lowest BCUT2D eigenvalue weighted by atomic mass is 10.0. The lowest BCUT2D eigenvalue weighted by Gasteiger charge is -2.31. The van der Waals surface area contributed by atoms with Crippen LogP contribution in [0.2, 0.25) is 0 Å². The quantitative estimate of drug-likeness (QED) is 0.921. The van der Waals surface area contributed by atoms with Gasteiger partial charge >= 0.3 is 6.03 Å². The summed E-state index contributed by atoms with van der Waals surface area (Å²) >= 11 is 0. The van der Waals surface area contributed by atoms with E-state index in [2.05, 4.69) is 12.2 Å². The molecule has 0 aromatic heterocycles. The van der Waals surface area contributed by atoms with Gasteiger partial charge in [-0.3, -0.25) is 0 Å². The topological polar surface area (TPSA) is 65.4 Å². The first-order valence-electron chi connectivity index (χ1n) is 6.85. The molecule has 2 rings (SSSR count). The van der Waals surface area contributed by atoms with E-state index in [9.17, 15) is 4.79 Å². The van der Waals surface area contributed by atoms with Crippen molar-refractivity contribution in [2.75, 3.05) is 25.0 Å². The maximum atomic E-state index is 12.2. The smallest absolute Gasteiger partial charge is 0.321 e. The van der Waals surface area contributed by atoms with Crippen molar-refractivity contribution in [2.45, 2.75) is 19.8 Å². The minimum Gasteiger partial charge on any atom is -0.477 e. The molecule has 0 bridgehead atoms. The van der Waals surface area contributed by atoms with E-state index in [1.54, 1.807) is 12.1 Å². The van der Waals surface area contributed by atoms with Crippen LogP contribution in [0.1, 0.15) is 19.8 Å². The van der Waals surface area contributed by atoms with Crippen molar-refractivity contribution in [3.05, 3.63) is 24.3 Å². The van der Waals surface area contributed by atoms with E-state index in [0.717, 1.165) is 19.5 Å². The molecule has 0 saturated carbocycles. The first kappa shape index (κ1) is 14.2. The minimum atomic E-state index is -0.107. The zero-order valence-electron chi connectivity index (χ0n) is 11.6. The van der Waals surface area contributed by atoms with Gasteiger partial charge < -0.3 is 15.0 Å². The van der Waals surface area contributed by atoms with Crippen molar-refractivity contribution in [1.29, 1.82) is 5.26 Å². The average Bonchev–Trinajstić information content (AvgIpc) is 2.46. The number of carbonyl (C=O) groups excluding carboxylic acids is 1. The van der Waals surface area contributed by atoms with Crippen LogP contribution in [0.5, 0.6) is 5.75 Å². The van der Waals surface area contributed by atoms with E-state index >= 15 is 0 Å². The number of para-hydroxylation sites is 2. The Morgan fingerprint density at radius 3 is 3.10 bits per heavy atom. The predicted molar refractivity (Wildman–Crippen MR) is 76.5 cm³/mol. The summed E-state index contributed by atoms with van der Waals surface area (Å²) in [5.74, 6) is 1.06. The van der Waals surface area contributed by atoms with Crippen LogP contribution in [0, 0.1) is 17.2 Å². The molecule has 1 aromatic rings. The first-order chi connectivity index (χ1) is 9.70. The predicted octanol–water partition coefficient (Wildman–Crippen LogP) is 2.85. The number of piperidine rings is 1. The molecule has 1 heterocycles. The number of ether oxygens (including phenoxy) is 1. The molecule has 20 heavy (non-hydrogen) atoms. The molecule has 106 valence electrons. The third-order valence-electron chi connectivity index (χ3n) is 3.37. The van der Waals surface area contributed by atoms with E-state index in [1.807, 2.05) is 23.1 Å². The Morgan fingerprint density at radius 2 is 2.35 bits per heavy atom. The lowest BCUT2D eigenvalue weighted by molar-refractivity contribution is 0.182. The van der Waals surface area contributed by atoms with Crippen molar-refractivity contribution < 1.29 is 9.53 Å². The van der Waals surface area contributed by atoms with Gasteiger partial charge in [-0.05, 0) is 30.9 Å². The number of nitriles is 1. The number of amides is 2. The summed E-state index contributed by atoms with van der Waals surface area (Å²) in [6.07, 6.45) is 2.22. The van der Waals surface area contributed by atoms with Crippen LogP contribution in [-0.2, 0) is 0 Å². The van der Waals surface area contributed by atoms with Crippen LogP contribution in [0.15, 0.2) is 24.3 Å². The van der Waals surface area contributed by atoms with Crippen molar-refractivity contribution in [3.8, 4) is 11.8 Å². The van der Waals surface area contributed by atoms with Gasteiger partial charge in [-0.1, -0.05) is 19.1 Å². The van der Waals surface area contributed by atoms with Gasteiger partial charge in [-0.2, -0.15) is 5.26 Å². The number of benzene rings is 1. The second-order valence-corrected chi connectivity index (χ2v) is 5.07. The Kier molecular flexibility index (Phi) is 4.83. The number of hydrogen-bond acceptors (Lipinski definition) is 3. The van der Waals surface area contributed by atoms with Crippen molar-refractivity contribution >= 4 is 11.7 Å². The third-order valence-corrected chi connectivity index (χ3v) is 3.37.